The molecule has 3 aromatic carbocycles. The summed E-state index contributed by atoms with van der Waals surface area (Å²) in [5.74, 6) is 0.897. The van der Waals surface area contributed by atoms with Gasteiger partial charge in [0.05, 0.1) is 29.1 Å². The van der Waals surface area contributed by atoms with E-state index in [2.05, 4.69) is 20.7 Å². The molecule has 4 aromatic rings. The first-order valence-corrected chi connectivity index (χ1v) is 12.5. The van der Waals surface area contributed by atoms with E-state index in [-0.39, 0.29) is 17.0 Å². The molecule has 0 aliphatic rings. The minimum Gasteiger partial charge on any atom is -0.494 e. The van der Waals surface area contributed by atoms with Crippen LogP contribution < -0.4 is 10.2 Å². The van der Waals surface area contributed by atoms with E-state index in [1.807, 2.05) is 47.9 Å². The number of nitrogens with one attached hydrogen (secondary N) is 1. The largest absolute Gasteiger partial charge is 0.494 e. The van der Waals surface area contributed by atoms with Crippen LogP contribution in [-0.4, -0.2) is 44.2 Å². The summed E-state index contributed by atoms with van der Waals surface area (Å²) in [6, 6.07) is 20.8. The highest BCUT2D eigenvalue weighted by molar-refractivity contribution is 7.99. The number of carbonyl (C=O) groups excluding carboxylic acids is 1. The van der Waals surface area contributed by atoms with Gasteiger partial charge in [-0.1, -0.05) is 35.5 Å². The second kappa shape index (κ2) is 12.2. The summed E-state index contributed by atoms with van der Waals surface area (Å²) in [4.78, 5) is 23.1. The topological polar surface area (TPSA) is 125 Å². The number of carbonyl (C=O) groups is 1. The molecule has 12 heteroatoms. The lowest BCUT2D eigenvalue weighted by Crippen LogP contribution is -2.20. The molecule has 1 heterocycles. The molecule has 0 aliphatic carbocycles. The van der Waals surface area contributed by atoms with Crippen molar-refractivity contribution in [1.29, 1.82) is 0 Å². The lowest BCUT2D eigenvalue weighted by atomic mass is 10.2. The summed E-state index contributed by atoms with van der Waals surface area (Å²) in [5, 5.41) is 24.7. The van der Waals surface area contributed by atoms with Crippen LogP contribution in [-0.2, 0) is 4.79 Å². The summed E-state index contributed by atoms with van der Waals surface area (Å²) < 4.78 is 7.38. The third-order valence-corrected chi connectivity index (χ3v) is 6.18. The Morgan fingerprint density at radius 1 is 1.14 bits per heavy atom. The fourth-order valence-corrected chi connectivity index (χ4v) is 4.21. The van der Waals surface area contributed by atoms with Gasteiger partial charge in [0.1, 0.15) is 5.75 Å². The lowest BCUT2D eigenvalue weighted by molar-refractivity contribution is -0.385. The van der Waals surface area contributed by atoms with Gasteiger partial charge in [0.25, 0.3) is 11.6 Å². The Hall–Kier alpha value is -4.22. The van der Waals surface area contributed by atoms with Crippen molar-refractivity contribution in [2.45, 2.75) is 12.1 Å². The van der Waals surface area contributed by atoms with Gasteiger partial charge in [0.15, 0.2) is 11.0 Å². The van der Waals surface area contributed by atoms with Gasteiger partial charge < -0.3 is 4.74 Å². The van der Waals surface area contributed by atoms with Crippen molar-refractivity contribution in [2.75, 3.05) is 12.4 Å². The Morgan fingerprint density at radius 2 is 1.86 bits per heavy atom. The van der Waals surface area contributed by atoms with Crippen LogP contribution >= 0.6 is 23.4 Å². The molecule has 1 amide bonds. The average molecular weight is 537 g/mol. The number of nitro benzene ring substituents is 1. The van der Waals surface area contributed by atoms with Gasteiger partial charge >= 0.3 is 0 Å². The van der Waals surface area contributed by atoms with Crippen molar-refractivity contribution in [3.05, 3.63) is 93.5 Å². The molecule has 0 radical (unpaired) electrons. The van der Waals surface area contributed by atoms with Crippen LogP contribution in [0.25, 0.3) is 17.1 Å². The van der Waals surface area contributed by atoms with Crippen molar-refractivity contribution >= 4 is 41.2 Å². The van der Waals surface area contributed by atoms with E-state index in [4.69, 9.17) is 16.3 Å². The Labute approximate surface area is 221 Å². The van der Waals surface area contributed by atoms with Crippen LogP contribution in [0.15, 0.2) is 83.1 Å². The first kappa shape index (κ1) is 25.9. The van der Waals surface area contributed by atoms with Crippen LogP contribution in [0.2, 0.25) is 5.02 Å². The van der Waals surface area contributed by atoms with Gasteiger partial charge in [-0.05, 0) is 61.5 Å². The first-order valence-electron chi connectivity index (χ1n) is 11.1. The third-order valence-electron chi connectivity index (χ3n) is 5.00. The number of hydrogen-bond donors (Lipinski definition) is 1. The predicted molar refractivity (Wildman–Crippen MR) is 143 cm³/mol. The molecule has 1 aromatic heterocycles. The number of benzene rings is 3. The summed E-state index contributed by atoms with van der Waals surface area (Å²) in [6.45, 7) is 2.47. The molecule has 0 aliphatic heterocycles. The molecule has 0 saturated heterocycles. The van der Waals surface area contributed by atoms with E-state index in [9.17, 15) is 14.9 Å². The minimum absolute atomic E-state index is 0.00992. The molecule has 0 atom stereocenters. The Balaban J connectivity index is 1.52. The second-order valence-electron chi connectivity index (χ2n) is 7.47. The van der Waals surface area contributed by atoms with Crippen molar-refractivity contribution in [3.8, 4) is 22.8 Å². The zero-order valence-corrected chi connectivity index (χ0v) is 21.1. The normalized spacial score (nSPS) is 11.0. The molecule has 0 unspecified atom stereocenters. The zero-order valence-electron chi connectivity index (χ0n) is 19.6. The molecule has 0 spiro atoms. The molecule has 37 heavy (non-hydrogen) atoms. The van der Waals surface area contributed by atoms with Gasteiger partial charge in [-0.25, -0.2) is 5.43 Å². The molecular formula is C25H21ClN6O4S. The molecule has 188 valence electrons. The lowest BCUT2D eigenvalue weighted by Gasteiger charge is -2.11. The van der Waals surface area contributed by atoms with Crippen LogP contribution in [0, 0.1) is 10.1 Å². The van der Waals surface area contributed by atoms with E-state index in [1.165, 1.54) is 24.0 Å². The maximum atomic E-state index is 12.4. The zero-order chi connectivity index (χ0) is 26.2. The van der Waals surface area contributed by atoms with Gasteiger partial charge in [-0.3, -0.25) is 19.5 Å². The van der Waals surface area contributed by atoms with Crippen LogP contribution in [0.5, 0.6) is 5.75 Å². The van der Waals surface area contributed by atoms with E-state index < -0.39 is 10.8 Å². The highest BCUT2D eigenvalue weighted by Crippen LogP contribution is 2.29. The van der Waals surface area contributed by atoms with Gasteiger partial charge in [-0.15, -0.1) is 10.2 Å². The van der Waals surface area contributed by atoms with Crippen molar-refractivity contribution in [1.82, 2.24) is 20.2 Å². The number of thioether (sulfide) groups is 1. The smallest absolute Gasteiger partial charge is 0.278 e. The van der Waals surface area contributed by atoms with Gasteiger partial charge in [-0.2, -0.15) is 5.10 Å². The highest BCUT2D eigenvalue weighted by Gasteiger charge is 2.18. The maximum absolute atomic E-state index is 12.4. The van der Waals surface area contributed by atoms with E-state index in [0.717, 1.165) is 17.0 Å². The number of aromatic nitrogens is 3. The number of hydrazone groups is 1. The summed E-state index contributed by atoms with van der Waals surface area (Å²) in [6.07, 6.45) is 1.24. The van der Waals surface area contributed by atoms with Crippen molar-refractivity contribution in [2.24, 2.45) is 5.10 Å². The highest BCUT2D eigenvalue weighted by atomic mass is 35.5. The number of ether oxygens (including phenoxy) is 1. The molecule has 0 saturated carbocycles. The number of nitro groups is 1. The number of amides is 1. The van der Waals surface area contributed by atoms with Crippen molar-refractivity contribution in [3.63, 3.8) is 0 Å². The molecule has 0 fully saturated rings. The van der Waals surface area contributed by atoms with Crippen LogP contribution in [0.1, 0.15) is 12.5 Å². The van der Waals surface area contributed by atoms with Gasteiger partial charge in [0, 0.05) is 22.3 Å². The Morgan fingerprint density at radius 3 is 2.57 bits per heavy atom. The number of hydrogen-bond acceptors (Lipinski definition) is 8. The predicted octanol–water partition coefficient (Wildman–Crippen LogP) is 5.14. The van der Waals surface area contributed by atoms with E-state index in [0.29, 0.717) is 22.6 Å². The van der Waals surface area contributed by atoms with E-state index in [1.54, 1.807) is 30.3 Å². The van der Waals surface area contributed by atoms with Gasteiger partial charge in [0.2, 0.25) is 0 Å². The molecule has 1 N–H and O–H groups in total. The van der Waals surface area contributed by atoms with Crippen molar-refractivity contribution < 1.29 is 14.5 Å². The van der Waals surface area contributed by atoms with Crippen LogP contribution in [0.3, 0.4) is 0 Å². The maximum Gasteiger partial charge on any atom is 0.278 e. The number of rotatable bonds is 10. The monoisotopic (exact) mass is 536 g/mol. The Bertz CT molecular complexity index is 1420. The number of halogens is 1. The summed E-state index contributed by atoms with van der Waals surface area (Å²) in [7, 11) is 0. The minimum atomic E-state index is -0.509. The van der Waals surface area contributed by atoms with Crippen LogP contribution in [0.4, 0.5) is 5.69 Å². The molecule has 4 rings (SSSR count). The average Bonchev–Trinajstić information content (AvgIpc) is 3.32. The summed E-state index contributed by atoms with van der Waals surface area (Å²) in [5.41, 5.74) is 4.16. The summed E-state index contributed by atoms with van der Waals surface area (Å²) >= 11 is 7.22. The SMILES string of the molecule is CCOc1ccc(-n2c(SCC(=O)N/N=C\c3ccccc3[N+](=O)[O-])nnc2-c2ccc(Cl)cc2)cc1. The Kier molecular flexibility index (Phi) is 8.49. The number of nitrogens with zero attached hydrogens (tertiary/aromatic N) is 5. The molecule has 10 nitrogen and oxygen atoms in total. The first-order chi connectivity index (χ1) is 18.0. The molecule has 0 bridgehead atoms. The van der Waals surface area contributed by atoms with E-state index >= 15 is 0 Å². The third kappa shape index (κ3) is 6.51. The fourth-order valence-electron chi connectivity index (χ4n) is 3.34. The molecular weight excluding hydrogens is 516 g/mol. The standard InChI is InChI=1S/C25H21ClN6O4S/c1-2-36-21-13-11-20(12-14-21)31-24(17-7-9-19(26)10-8-17)29-30-25(31)37-16-23(33)28-27-15-18-5-3-4-6-22(18)32(34)35/h3-15H,2,16H2,1H3,(H,28,33)/b27-15-. The fraction of sp³-hybridized carbons (Fsp3) is 0.120. The number of para-hydroxylation sites is 1. The quantitative estimate of drug-likeness (QED) is 0.129. The second-order valence-corrected chi connectivity index (χ2v) is 8.85.